The lowest BCUT2D eigenvalue weighted by Gasteiger charge is -2.09. The molecule has 0 heterocycles. The fraction of sp³-hybridized carbons (Fsp3) is 0.250. The summed E-state index contributed by atoms with van der Waals surface area (Å²) in [6, 6.07) is 13.5. The summed E-state index contributed by atoms with van der Waals surface area (Å²) in [5.74, 6) is 0.604. The van der Waals surface area contributed by atoms with Gasteiger partial charge in [0, 0.05) is 25.4 Å². The van der Waals surface area contributed by atoms with Crippen molar-refractivity contribution < 1.29 is 14.6 Å². The molecule has 2 N–H and O–H groups in total. The number of phenols is 1. The SMILES string of the molecule is COCc1ccc(CNc2ccc(OC)c(O)c2)cc1. The van der Waals surface area contributed by atoms with Crippen molar-refractivity contribution in [3.63, 3.8) is 0 Å². The lowest BCUT2D eigenvalue weighted by Crippen LogP contribution is -1.99. The number of anilines is 1. The molecule has 0 saturated heterocycles. The first-order chi connectivity index (χ1) is 9.72. The summed E-state index contributed by atoms with van der Waals surface area (Å²) in [4.78, 5) is 0. The minimum absolute atomic E-state index is 0.132. The number of rotatable bonds is 6. The van der Waals surface area contributed by atoms with E-state index in [1.54, 1.807) is 19.2 Å². The van der Waals surface area contributed by atoms with Gasteiger partial charge in [0.1, 0.15) is 0 Å². The zero-order chi connectivity index (χ0) is 14.4. The zero-order valence-electron chi connectivity index (χ0n) is 11.7. The van der Waals surface area contributed by atoms with E-state index in [0.717, 1.165) is 11.3 Å². The van der Waals surface area contributed by atoms with Crippen LogP contribution < -0.4 is 10.1 Å². The van der Waals surface area contributed by atoms with E-state index in [2.05, 4.69) is 17.4 Å². The van der Waals surface area contributed by atoms with Crippen LogP contribution in [-0.2, 0) is 17.9 Å². The third kappa shape index (κ3) is 3.65. The number of phenolic OH excluding ortho intramolecular Hbond substituents is 1. The van der Waals surface area contributed by atoms with Crippen LogP contribution in [0.1, 0.15) is 11.1 Å². The van der Waals surface area contributed by atoms with Crippen LogP contribution in [0, 0.1) is 0 Å². The Bertz CT molecular complexity index is 552. The van der Waals surface area contributed by atoms with Gasteiger partial charge in [-0.2, -0.15) is 0 Å². The highest BCUT2D eigenvalue weighted by molar-refractivity contribution is 5.54. The molecule has 0 bridgehead atoms. The van der Waals surface area contributed by atoms with E-state index < -0.39 is 0 Å². The first-order valence-electron chi connectivity index (χ1n) is 6.40. The van der Waals surface area contributed by atoms with Crippen LogP contribution in [0.25, 0.3) is 0 Å². The van der Waals surface area contributed by atoms with Gasteiger partial charge in [0.25, 0.3) is 0 Å². The number of hydrogen-bond acceptors (Lipinski definition) is 4. The highest BCUT2D eigenvalue weighted by Crippen LogP contribution is 2.28. The van der Waals surface area contributed by atoms with Crippen molar-refractivity contribution in [2.45, 2.75) is 13.2 Å². The average Bonchev–Trinajstić information content (AvgIpc) is 2.47. The molecule has 0 amide bonds. The van der Waals surface area contributed by atoms with Gasteiger partial charge >= 0.3 is 0 Å². The molecular formula is C16H19NO3. The number of nitrogens with one attached hydrogen (secondary N) is 1. The van der Waals surface area contributed by atoms with E-state index in [-0.39, 0.29) is 5.75 Å². The fourth-order valence-electron chi connectivity index (χ4n) is 1.92. The van der Waals surface area contributed by atoms with Crippen molar-refractivity contribution in [2.75, 3.05) is 19.5 Å². The number of methoxy groups -OCH3 is 2. The Morgan fingerprint density at radius 2 is 1.70 bits per heavy atom. The quantitative estimate of drug-likeness (QED) is 0.849. The second-order valence-electron chi connectivity index (χ2n) is 4.49. The minimum Gasteiger partial charge on any atom is -0.504 e. The van der Waals surface area contributed by atoms with E-state index >= 15 is 0 Å². The molecule has 0 aliphatic heterocycles. The van der Waals surface area contributed by atoms with Crippen molar-refractivity contribution in [2.24, 2.45) is 0 Å². The number of benzene rings is 2. The fourth-order valence-corrected chi connectivity index (χ4v) is 1.92. The van der Waals surface area contributed by atoms with Crippen LogP contribution in [0.3, 0.4) is 0 Å². The predicted octanol–water partition coefficient (Wildman–Crippen LogP) is 3.16. The first kappa shape index (κ1) is 14.2. The lowest BCUT2D eigenvalue weighted by atomic mass is 10.1. The molecule has 2 aromatic rings. The van der Waals surface area contributed by atoms with Crippen molar-refractivity contribution >= 4 is 5.69 Å². The Labute approximate surface area is 119 Å². The lowest BCUT2D eigenvalue weighted by molar-refractivity contribution is 0.185. The number of aromatic hydroxyl groups is 1. The van der Waals surface area contributed by atoms with Gasteiger partial charge in [0.05, 0.1) is 13.7 Å². The van der Waals surface area contributed by atoms with Crippen LogP contribution in [0.15, 0.2) is 42.5 Å². The van der Waals surface area contributed by atoms with Crippen molar-refractivity contribution in [3.8, 4) is 11.5 Å². The van der Waals surface area contributed by atoms with Gasteiger partial charge in [-0.1, -0.05) is 24.3 Å². The second-order valence-corrected chi connectivity index (χ2v) is 4.49. The molecule has 4 nitrogen and oxygen atoms in total. The largest absolute Gasteiger partial charge is 0.504 e. The molecule has 20 heavy (non-hydrogen) atoms. The molecule has 0 spiro atoms. The monoisotopic (exact) mass is 273 g/mol. The van der Waals surface area contributed by atoms with Crippen LogP contribution in [0.4, 0.5) is 5.69 Å². The number of ether oxygens (including phenoxy) is 2. The normalized spacial score (nSPS) is 10.3. The summed E-state index contributed by atoms with van der Waals surface area (Å²) in [5.41, 5.74) is 3.17. The molecular weight excluding hydrogens is 254 g/mol. The van der Waals surface area contributed by atoms with Gasteiger partial charge in [-0.25, -0.2) is 0 Å². The van der Waals surface area contributed by atoms with E-state index in [1.165, 1.54) is 12.7 Å². The van der Waals surface area contributed by atoms with Crippen molar-refractivity contribution in [1.29, 1.82) is 0 Å². The minimum atomic E-state index is 0.132. The Morgan fingerprint density at radius 1 is 1.00 bits per heavy atom. The van der Waals surface area contributed by atoms with Gasteiger partial charge < -0.3 is 19.9 Å². The van der Waals surface area contributed by atoms with E-state index in [4.69, 9.17) is 9.47 Å². The summed E-state index contributed by atoms with van der Waals surface area (Å²) >= 11 is 0. The van der Waals surface area contributed by atoms with Crippen LogP contribution in [0.5, 0.6) is 11.5 Å². The molecule has 4 heteroatoms. The zero-order valence-corrected chi connectivity index (χ0v) is 11.7. The summed E-state index contributed by atoms with van der Waals surface area (Å²) in [6.07, 6.45) is 0. The number of hydrogen-bond donors (Lipinski definition) is 2. The summed E-state index contributed by atoms with van der Waals surface area (Å²) < 4.78 is 10.1. The predicted molar refractivity (Wildman–Crippen MR) is 79.1 cm³/mol. The second kappa shape index (κ2) is 6.82. The van der Waals surface area contributed by atoms with Crippen LogP contribution in [-0.4, -0.2) is 19.3 Å². The van der Waals surface area contributed by atoms with E-state index in [9.17, 15) is 5.11 Å². The molecule has 0 atom stereocenters. The van der Waals surface area contributed by atoms with Crippen molar-refractivity contribution in [3.05, 3.63) is 53.6 Å². The van der Waals surface area contributed by atoms with Gasteiger partial charge in [-0.15, -0.1) is 0 Å². The molecule has 0 fully saturated rings. The van der Waals surface area contributed by atoms with E-state index in [1.807, 2.05) is 18.2 Å². The Hall–Kier alpha value is -2.20. The van der Waals surface area contributed by atoms with Gasteiger partial charge in [0.2, 0.25) is 0 Å². The molecule has 0 radical (unpaired) electrons. The molecule has 2 rings (SSSR count). The van der Waals surface area contributed by atoms with Crippen LogP contribution >= 0.6 is 0 Å². The molecule has 0 saturated carbocycles. The first-order valence-corrected chi connectivity index (χ1v) is 6.40. The summed E-state index contributed by atoms with van der Waals surface area (Å²) in [5, 5.41) is 13.0. The van der Waals surface area contributed by atoms with Crippen molar-refractivity contribution in [1.82, 2.24) is 0 Å². The maximum Gasteiger partial charge on any atom is 0.160 e. The third-order valence-electron chi connectivity index (χ3n) is 3.01. The van der Waals surface area contributed by atoms with Crippen LogP contribution in [0.2, 0.25) is 0 Å². The topological polar surface area (TPSA) is 50.7 Å². The molecule has 0 aromatic heterocycles. The molecule has 2 aromatic carbocycles. The smallest absolute Gasteiger partial charge is 0.160 e. The molecule has 0 aliphatic carbocycles. The summed E-state index contributed by atoms with van der Waals surface area (Å²) in [7, 11) is 3.22. The molecule has 0 unspecified atom stereocenters. The molecule has 106 valence electrons. The maximum atomic E-state index is 9.71. The maximum absolute atomic E-state index is 9.71. The highest BCUT2D eigenvalue weighted by Gasteiger charge is 2.02. The Morgan fingerprint density at radius 3 is 2.30 bits per heavy atom. The molecule has 0 aliphatic rings. The highest BCUT2D eigenvalue weighted by atomic mass is 16.5. The standard InChI is InChI=1S/C16H19NO3/c1-19-11-13-5-3-12(4-6-13)10-17-14-7-8-16(20-2)15(18)9-14/h3-9,17-18H,10-11H2,1-2H3. The van der Waals surface area contributed by atoms with Gasteiger partial charge in [-0.3, -0.25) is 0 Å². The summed E-state index contributed by atoms with van der Waals surface area (Å²) in [6.45, 7) is 1.32. The third-order valence-corrected chi connectivity index (χ3v) is 3.01. The van der Waals surface area contributed by atoms with E-state index in [0.29, 0.717) is 18.9 Å². The Balaban J connectivity index is 1.96. The van der Waals surface area contributed by atoms with Gasteiger partial charge in [-0.05, 0) is 23.3 Å². The van der Waals surface area contributed by atoms with Gasteiger partial charge in [0.15, 0.2) is 11.5 Å². The Kier molecular flexibility index (Phi) is 4.85. The average molecular weight is 273 g/mol.